The first-order chi connectivity index (χ1) is 14.7. The summed E-state index contributed by atoms with van der Waals surface area (Å²) in [4.78, 5) is 0. The van der Waals surface area contributed by atoms with Crippen molar-refractivity contribution in [3.8, 4) is 28.1 Å². The highest BCUT2D eigenvalue weighted by Crippen LogP contribution is 2.50. The Morgan fingerprint density at radius 1 is 0.645 bits per heavy atom. The van der Waals surface area contributed by atoms with Crippen LogP contribution in [0.1, 0.15) is 50.1 Å². The van der Waals surface area contributed by atoms with Crippen LogP contribution in [0.25, 0.3) is 28.1 Å². The molecule has 4 aromatic rings. The standard InChI is InChI=1S/C29H30N2/c1-19-15-20(2)17-23(16-19)21-11-13-22(14-12-21)25-18-27-29(5,6)28(3,4)24-9-7-8-10-26(24)31(27)30-25/h7-18H,1-6H3. The second-order valence-corrected chi connectivity index (χ2v) is 10.0. The van der Waals surface area contributed by atoms with Gasteiger partial charge in [-0.3, -0.25) is 0 Å². The quantitative estimate of drug-likeness (QED) is 0.339. The van der Waals surface area contributed by atoms with E-state index in [2.05, 4.69) is 119 Å². The van der Waals surface area contributed by atoms with Crippen LogP contribution >= 0.6 is 0 Å². The van der Waals surface area contributed by atoms with Gasteiger partial charge in [0.25, 0.3) is 0 Å². The topological polar surface area (TPSA) is 17.8 Å². The molecule has 2 heteroatoms. The molecule has 0 saturated heterocycles. The molecule has 156 valence electrons. The van der Waals surface area contributed by atoms with Gasteiger partial charge in [0.1, 0.15) is 0 Å². The van der Waals surface area contributed by atoms with Crippen LogP contribution in [0.3, 0.4) is 0 Å². The van der Waals surface area contributed by atoms with E-state index in [0.717, 1.165) is 11.3 Å². The number of para-hydroxylation sites is 1. The van der Waals surface area contributed by atoms with Gasteiger partial charge >= 0.3 is 0 Å². The minimum absolute atomic E-state index is 0.0176. The summed E-state index contributed by atoms with van der Waals surface area (Å²) in [5, 5.41) is 5.07. The Morgan fingerprint density at radius 3 is 1.94 bits per heavy atom. The maximum Gasteiger partial charge on any atom is 0.0930 e. The summed E-state index contributed by atoms with van der Waals surface area (Å²) >= 11 is 0. The molecule has 3 aromatic carbocycles. The van der Waals surface area contributed by atoms with Gasteiger partial charge < -0.3 is 0 Å². The minimum atomic E-state index is -0.0361. The van der Waals surface area contributed by atoms with Crippen molar-refractivity contribution >= 4 is 0 Å². The average Bonchev–Trinajstić information content (AvgIpc) is 3.19. The van der Waals surface area contributed by atoms with Crippen LogP contribution in [0.4, 0.5) is 0 Å². The minimum Gasteiger partial charge on any atom is -0.236 e. The van der Waals surface area contributed by atoms with Crippen LogP contribution in [-0.4, -0.2) is 9.78 Å². The fraction of sp³-hybridized carbons (Fsp3) is 0.276. The predicted octanol–water partition coefficient (Wildman–Crippen LogP) is 7.39. The van der Waals surface area contributed by atoms with Gasteiger partial charge in [-0.1, -0.05) is 99.5 Å². The van der Waals surface area contributed by atoms with Crippen molar-refractivity contribution in [1.29, 1.82) is 0 Å². The van der Waals surface area contributed by atoms with Crippen molar-refractivity contribution < 1.29 is 0 Å². The summed E-state index contributed by atoms with van der Waals surface area (Å²) in [6.07, 6.45) is 0. The molecule has 0 bridgehead atoms. The van der Waals surface area contributed by atoms with Crippen molar-refractivity contribution in [2.75, 3.05) is 0 Å². The Balaban J connectivity index is 1.60. The molecule has 0 unspecified atom stereocenters. The number of hydrogen-bond acceptors (Lipinski definition) is 1. The van der Waals surface area contributed by atoms with Gasteiger partial charge in [0.15, 0.2) is 0 Å². The Morgan fingerprint density at radius 2 is 1.26 bits per heavy atom. The molecule has 1 aromatic heterocycles. The van der Waals surface area contributed by atoms with Crippen molar-refractivity contribution in [1.82, 2.24) is 9.78 Å². The molecule has 0 radical (unpaired) electrons. The first-order valence-electron chi connectivity index (χ1n) is 11.1. The van der Waals surface area contributed by atoms with E-state index in [-0.39, 0.29) is 10.8 Å². The third-order valence-electron chi connectivity index (χ3n) is 7.45. The third-order valence-corrected chi connectivity index (χ3v) is 7.45. The highest BCUT2D eigenvalue weighted by molar-refractivity contribution is 5.70. The second-order valence-electron chi connectivity index (χ2n) is 10.0. The Labute approximate surface area is 185 Å². The predicted molar refractivity (Wildman–Crippen MR) is 130 cm³/mol. The third kappa shape index (κ3) is 2.96. The largest absolute Gasteiger partial charge is 0.236 e. The summed E-state index contributed by atoms with van der Waals surface area (Å²) < 4.78 is 2.16. The zero-order chi connectivity index (χ0) is 22.0. The van der Waals surface area contributed by atoms with Gasteiger partial charge in [-0.25, -0.2) is 4.68 Å². The molecule has 0 fully saturated rings. The molecule has 0 N–H and O–H groups in total. The molecule has 1 aliphatic heterocycles. The van der Waals surface area contributed by atoms with Crippen LogP contribution < -0.4 is 0 Å². The molecule has 0 saturated carbocycles. The monoisotopic (exact) mass is 406 g/mol. The summed E-state index contributed by atoms with van der Waals surface area (Å²) in [5.74, 6) is 0. The van der Waals surface area contributed by atoms with E-state index < -0.39 is 0 Å². The van der Waals surface area contributed by atoms with Gasteiger partial charge in [0, 0.05) is 16.4 Å². The summed E-state index contributed by atoms with van der Waals surface area (Å²) in [7, 11) is 0. The summed E-state index contributed by atoms with van der Waals surface area (Å²) in [5.41, 5.74) is 11.1. The Bertz CT molecular complexity index is 1270. The first-order valence-corrected chi connectivity index (χ1v) is 11.1. The molecular weight excluding hydrogens is 376 g/mol. The van der Waals surface area contributed by atoms with E-state index >= 15 is 0 Å². The van der Waals surface area contributed by atoms with Crippen molar-refractivity contribution in [3.05, 3.63) is 95.2 Å². The highest BCUT2D eigenvalue weighted by Gasteiger charge is 2.47. The Hall–Kier alpha value is -3.13. The van der Waals surface area contributed by atoms with E-state index in [1.807, 2.05) is 0 Å². The van der Waals surface area contributed by atoms with E-state index in [0.29, 0.717) is 0 Å². The number of aromatic nitrogens is 2. The van der Waals surface area contributed by atoms with Crippen molar-refractivity contribution in [2.24, 2.45) is 0 Å². The van der Waals surface area contributed by atoms with Crippen molar-refractivity contribution in [3.63, 3.8) is 0 Å². The van der Waals surface area contributed by atoms with E-state index in [1.165, 1.54) is 39.2 Å². The molecule has 1 aliphatic rings. The maximum atomic E-state index is 5.07. The van der Waals surface area contributed by atoms with Gasteiger partial charge in [-0.05, 0) is 42.7 Å². The molecular formula is C29H30N2. The van der Waals surface area contributed by atoms with E-state index in [9.17, 15) is 0 Å². The lowest BCUT2D eigenvalue weighted by Gasteiger charge is -2.46. The molecule has 0 spiro atoms. The van der Waals surface area contributed by atoms with Crippen LogP contribution in [0.5, 0.6) is 0 Å². The fourth-order valence-electron chi connectivity index (χ4n) is 4.97. The highest BCUT2D eigenvalue weighted by atomic mass is 15.3. The molecule has 5 rings (SSSR count). The molecule has 0 atom stereocenters. The van der Waals surface area contributed by atoms with Gasteiger partial charge in [-0.15, -0.1) is 0 Å². The number of benzene rings is 3. The SMILES string of the molecule is Cc1cc(C)cc(-c2ccc(-c3cc4n(n3)-c3ccccc3C(C)(C)C4(C)C)cc2)c1. The Kier molecular flexibility index (Phi) is 4.27. The van der Waals surface area contributed by atoms with Crippen molar-refractivity contribution in [2.45, 2.75) is 52.4 Å². The summed E-state index contributed by atoms with van der Waals surface area (Å²) in [6, 6.07) is 26.5. The lowest BCUT2D eigenvalue weighted by atomic mass is 9.60. The lowest BCUT2D eigenvalue weighted by molar-refractivity contribution is 0.275. The van der Waals surface area contributed by atoms with Crippen LogP contribution in [0, 0.1) is 13.8 Å². The normalized spacial score (nSPS) is 15.9. The first kappa shape index (κ1) is 19.8. The smallest absolute Gasteiger partial charge is 0.0930 e. The number of aryl methyl sites for hydroxylation is 2. The number of fused-ring (bicyclic) bond motifs is 3. The molecule has 2 heterocycles. The van der Waals surface area contributed by atoms with Gasteiger partial charge in [-0.2, -0.15) is 5.10 Å². The van der Waals surface area contributed by atoms with Crippen LogP contribution in [0.2, 0.25) is 0 Å². The van der Waals surface area contributed by atoms with Gasteiger partial charge in [0.05, 0.1) is 17.1 Å². The lowest BCUT2D eigenvalue weighted by Crippen LogP contribution is -2.45. The van der Waals surface area contributed by atoms with Gasteiger partial charge in [0.2, 0.25) is 0 Å². The zero-order valence-electron chi connectivity index (χ0n) is 19.3. The van der Waals surface area contributed by atoms with E-state index in [1.54, 1.807) is 0 Å². The maximum absolute atomic E-state index is 5.07. The molecule has 31 heavy (non-hydrogen) atoms. The molecule has 0 amide bonds. The molecule has 2 nitrogen and oxygen atoms in total. The second kappa shape index (κ2) is 6.68. The number of nitrogens with zero attached hydrogens (tertiary/aromatic N) is 2. The average molecular weight is 407 g/mol. The van der Waals surface area contributed by atoms with Crippen LogP contribution in [0.15, 0.2) is 72.8 Å². The van der Waals surface area contributed by atoms with E-state index in [4.69, 9.17) is 5.10 Å². The summed E-state index contributed by atoms with van der Waals surface area (Å²) in [6.45, 7) is 13.7. The number of rotatable bonds is 2. The van der Waals surface area contributed by atoms with Crippen LogP contribution in [-0.2, 0) is 10.8 Å². The zero-order valence-corrected chi connectivity index (χ0v) is 19.3. The number of hydrogen-bond donors (Lipinski definition) is 0. The fourth-order valence-corrected chi connectivity index (χ4v) is 4.97. The molecule has 0 aliphatic carbocycles.